The van der Waals surface area contributed by atoms with Gasteiger partial charge < -0.3 is 29.5 Å². The molecular formula is C18H23NO5. The first kappa shape index (κ1) is 15.0. The Morgan fingerprint density at radius 1 is 1.38 bits per heavy atom. The largest absolute Gasteiger partial charge is 0.633 e. The minimum absolute atomic E-state index is 0.420. The van der Waals surface area contributed by atoms with Crippen LogP contribution in [0, 0.1) is 5.21 Å². The number of nitrogens with zero attached hydrogens (tertiary/aromatic N) is 1. The molecule has 2 aliphatic heterocycles. The molecule has 2 heterocycles. The van der Waals surface area contributed by atoms with E-state index in [1.54, 1.807) is 14.2 Å². The molecule has 24 heavy (non-hydrogen) atoms. The number of hydrogen-bond acceptors (Lipinski definition) is 5. The highest BCUT2D eigenvalue weighted by atomic mass is 16.6. The van der Waals surface area contributed by atoms with E-state index in [-0.39, 0.29) is 0 Å². The van der Waals surface area contributed by atoms with Crippen molar-refractivity contribution in [1.82, 2.24) is 0 Å². The minimum atomic E-state index is -1.14. The summed E-state index contributed by atoms with van der Waals surface area (Å²) in [5.41, 5.74) is 0.187. The van der Waals surface area contributed by atoms with Crippen LogP contribution in [0.5, 0.6) is 11.5 Å². The first-order chi connectivity index (χ1) is 11.3. The molecule has 1 aromatic carbocycles. The van der Waals surface area contributed by atoms with Crippen LogP contribution >= 0.6 is 0 Å². The molecule has 0 aromatic heterocycles. The Labute approximate surface area is 140 Å². The normalized spacial score (nSPS) is 47.8. The molecule has 130 valence electrons. The van der Waals surface area contributed by atoms with Gasteiger partial charge in [-0.25, -0.2) is 0 Å². The molecule has 1 aromatic rings. The molecule has 0 amide bonds. The summed E-state index contributed by atoms with van der Waals surface area (Å²) in [5, 5.41) is 35.5. The van der Waals surface area contributed by atoms with Crippen LogP contribution in [0.2, 0.25) is 0 Å². The summed E-state index contributed by atoms with van der Waals surface area (Å²) in [5.74, 6) is 1.29. The third-order valence-electron chi connectivity index (χ3n) is 7.12. The number of aliphatic hydroxyl groups excluding tert-OH is 1. The van der Waals surface area contributed by atoms with E-state index in [4.69, 9.17) is 9.47 Å². The molecule has 0 radical (unpaired) electrons. The van der Waals surface area contributed by atoms with Gasteiger partial charge in [0.15, 0.2) is 11.5 Å². The van der Waals surface area contributed by atoms with E-state index >= 15 is 0 Å². The number of piperidine rings is 1. The lowest BCUT2D eigenvalue weighted by Gasteiger charge is -2.66. The van der Waals surface area contributed by atoms with E-state index in [0.29, 0.717) is 43.7 Å². The van der Waals surface area contributed by atoms with E-state index < -0.39 is 33.9 Å². The van der Waals surface area contributed by atoms with Crippen molar-refractivity contribution in [2.45, 2.75) is 54.9 Å². The number of methoxy groups -OCH3 is 1. The van der Waals surface area contributed by atoms with Gasteiger partial charge in [-0.3, -0.25) is 0 Å². The van der Waals surface area contributed by atoms with E-state index in [1.165, 1.54) is 0 Å². The standard InChI is InChI=1S/C18H23NO5/c1-19(22)8-7-17-14-10-3-4-12(23-2)15(14)24-16(17)11(20)5-6-18(17,21)13(19)9-10/h3-4,11,13,16,20-21H,5-9H2,1-2H3/t11-,13+,16-,17-,18+,19-/m0/s1. The van der Waals surface area contributed by atoms with Crippen molar-refractivity contribution < 1.29 is 24.3 Å². The quantitative estimate of drug-likeness (QED) is 0.588. The third kappa shape index (κ3) is 1.39. The van der Waals surface area contributed by atoms with E-state index in [9.17, 15) is 15.4 Å². The van der Waals surface area contributed by atoms with Gasteiger partial charge in [0.2, 0.25) is 0 Å². The Morgan fingerprint density at radius 2 is 2.17 bits per heavy atom. The maximum Gasteiger partial charge on any atom is 0.166 e. The molecule has 0 unspecified atom stereocenters. The summed E-state index contributed by atoms with van der Waals surface area (Å²) in [6.07, 6.45) is 0.795. The first-order valence-electron chi connectivity index (χ1n) is 8.69. The van der Waals surface area contributed by atoms with Gasteiger partial charge in [0.05, 0.1) is 32.2 Å². The number of likely N-dealkylation sites (tertiary alicyclic amines) is 1. The zero-order valence-corrected chi connectivity index (χ0v) is 14.0. The average molecular weight is 333 g/mol. The van der Waals surface area contributed by atoms with Crippen LogP contribution in [0.4, 0.5) is 0 Å². The van der Waals surface area contributed by atoms with Crippen LogP contribution in [0.1, 0.15) is 30.4 Å². The van der Waals surface area contributed by atoms with Gasteiger partial charge in [0.1, 0.15) is 17.7 Å². The van der Waals surface area contributed by atoms with Crippen LogP contribution in [0.15, 0.2) is 12.1 Å². The number of aliphatic hydroxyl groups is 2. The lowest BCUT2D eigenvalue weighted by Crippen LogP contribution is -2.79. The molecule has 1 saturated carbocycles. The van der Waals surface area contributed by atoms with E-state index in [2.05, 4.69) is 0 Å². The average Bonchev–Trinajstić information content (AvgIpc) is 2.90. The van der Waals surface area contributed by atoms with Crippen molar-refractivity contribution in [3.8, 4) is 11.5 Å². The lowest BCUT2D eigenvalue weighted by atomic mass is 9.48. The molecule has 6 nitrogen and oxygen atoms in total. The third-order valence-corrected chi connectivity index (χ3v) is 7.12. The van der Waals surface area contributed by atoms with Gasteiger partial charge in [-0.15, -0.1) is 0 Å². The van der Waals surface area contributed by atoms with Crippen LogP contribution in [0.25, 0.3) is 0 Å². The molecule has 4 aliphatic rings. The van der Waals surface area contributed by atoms with Gasteiger partial charge in [0.25, 0.3) is 0 Å². The molecule has 1 spiro atoms. The molecule has 1 saturated heterocycles. The summed E-state index contributed by atoms with van der Waals surface area (Å²) in [6, 6.07) is 3.44. The Kier molecular flexibility index (Phi) is 2.65. The van der Waals surface area contributed by atoms with Crippen molar-refractivity contribution in [1.29, 1.82) is 0 Å². The van der Waals surface area contributed by atoms with Gasteiger partial charge in [-0.05, 0) is 24.5 Å². The van der Waals surface area contributed by atoms with Gasteiger partial charge >= 0.3 is 0 Å². The monoisotopic (exact) mass is 333 g/mol. The summed E-state index contributed by atoms with van der Waals surface area (Å²) in [6.45, 7) is 0.426. The topological polar surface area (TPSA) is 82.0 Å². The summed E-state index contributed by atoms with van der Waals surface area (Å²) >= 11 is 0. The number of rotatable bonds is 1. The first-order valence-corrected chi connectivity index (χ1v) is 8.69. The second kappa shape index (κ2) is 4.25. The number of likely N-dealkylation sites (N-methyl/N-ethyl adjacent to an activating group) is 1. The minimum Gasteiger partial charge on any atom is -0.633 e. The molecule has 6 heteroatoms. The van der Waals surface area contributed by atoms with Crippen LogP contribution in [-0.2, 0) is 11.8 Å². The highest BCUT2D eigenvalue weighted by Gasteiger charge is 2.75. The summed E-state index contributed by atoms with van der Waals surface area (Å²) in [7, 11) is 3.27. The molecule has 2 fully saturated rings. The SMILES string of the molecule is COc1ccc2c3c1O[C@H]1[C@@H](O)CC[C@@]4(O)[C@@H](C2)[N@@+](C)([O-])CC[C@]314. The number of hydroxylamine groups is 3. The Hall–Kier alpha value is -1.34. The smallest absolute Gasteiger partial charge is 0.166 e. The van der Waals surface area contributed by atoms with Gasteiger partial charge in [-0.1, -0.05) is 6.07 Å². The Balaban J connectivity index is 1.84. The van der Waals surface area contributed by atoms with Crippen molar-refractivity contribution >= 4 is 0 Å². The predicted octanol–water partition coefficient (Wildman–Crippen LogP) is 0.853. The van der Waals surface area contributed by atoms with E-state index in [0.717, 1.165) is 11.1 Å². The maximum absolute atomic E-state index is 13.1. The van der Waals surface area contributed by atoms with Gasteiger partial charge in [-0.2, -0.15) is 0 Å². The molecule has 5 rings (SSSR count). The highest BCUT2D eigenvalue weighted by Crippen LogP contribution is 2.66. The molecule has 6 atom stereocenters. The number of quaternary nitrogens is 1. The van der Waals surface area contributed by atoms with E-state index in [1.807, 2.05) is 12.1 Å². The zero-order chi connectivity index (χ0) is 16.9. The van der Waals surface area contributed by atoms with Crippen LogP contribution in [0.3, 0.4) is 0 Å². The Morgan fingerprint density at radius 3 is 2.92 bits per heavy atom. The molecule has 2 N–H and O–H groups in total. The fourth-order valence-corrected chi connectivity index (χ4v) is 6.05. The number of benzene rings is 1. The van der Waals surface area contributed by atoms with Crippen molar-refractivity contribution in [2.24, 2.45) is 0 Å². The summed E-state index contributed by atoms with van der Waals surface area (Å²) in [4.78, 5) is 0. The number of hydrogen-bond donors (Lipinski definition) is 2. The predicted molar refractivity (Wildman–Crippen MR) is 85.8 cm³/mol. The fraction of sp³-hybridized carbons (Fsp3) is 0.667. The molecular weight excluding hydrogens is 310 g/mol. The maximum atomic E-state index is 13.1. The Bertz CT molecular complexity index is 734. The van der Waals surface area contributed by atoms with Crippen LogP contribution < -0.4 is 9.47 Å². The summed E-state index contributed by atoms with van der Waals surface area (Å²) < 4.78 is 11.2. The second-order valence-corrected chi connectivity index (χ2v) is 8.04. The van der Waals surface area contributed by atoms with Crippen molar-refractivity contribution in [3.05, 3.63) is 28.5 Å². The number of ether oxygens (including phenoxy) is 2. The fourth-order valence-electron chi connectivity index (χ4n) is 6.05. The van der Waals surface area contributed by atoms with Crippen molar-refractivity contribution in [2.75, 3.05) is 20.7 Å². The van der Waals surface area contributed by atoms with Crippen molar-refractivity contribution in [3.63, 3.8) is 0 Å². The molecule has 2 aliphatic carbocycles. The second-order valence-electron chi connectivity index (χ2n) is 8.04. The molecule has 2 bridgehead atoms. The van der Waals surface area contributed by atoms with Crippen LogP contribution in [-0.4, -0.2) is 59.4 Å². The highest BCUT2D eigenvalue weighted by molar-refractivity contribution is 5.62. The zero-order valence-electron chi connectivity index (χ0n) is 14.0. The lowest BCUT2D eigenvalue weighted by molar-refractivity contribution is -0.904. The van der Waals surface area contributed by atoms with Gasteiger partial charge in [0, 0.05) is 18.4 Å².